The monoisotopic (exact) mass is 314 g/mol. The van der Waals surface area contributed by atoms with Gasteiger partial charge in [0.2, 0.25) is 0 Å². The van der Waals surface area contributed by atoms with Gasteiger partial charge in [0.05, 0.1) is 17.9 Å². The van der Waals surface area contributed by atoms with Crippen molar-refractivity contribution in [3.05, 3.63) is 41.8 Å². The van der Waals surface area contributed by atoms with Gasteiger partial charge in [0, 0.05) is 43.0 Å². The van der Waals surface area contributed by atoms with E-state index in [0.29, 0.717) is 12.0 Å². The van der Waals surface area contributed by atoms with Gasteiger partial charge in [-0.25, -0.2) is 0 Å². The fourth-order valence-corrected chi connectivity index (χ4v) is 3.29. The Morgan fingerprint density at radius 2 is 2.09 bits per heavy atom. The summed E-state index contributed by atoms with van der Waals surface area (Å²) in [6.45, 7) is 2.98. The van der Waals surface area contributed by atoms with E-state index in [1.807, 2.05) is 6.20 Å². The molecule has 2 aromatic heterocycles. The molecule has 1 aliphatic carbocycles. The summed E-state index contributed by atoms with van der Waals surface area (Å²) < 4.78 is 5.57. The lowest BCUT2D eigenvalue weighted by Crippen LogP contribution is -2.30. The number of nitrogens with zero attached hydrogens (tertiary/aromatic N) is 4. The van der Waals surface area contributed by atoms with Gasteiger partial charge in [-0.1, -0.05) is 24.4 Å². The van der Waals surface area contributed by atoms with E-state index in [9.17, 15) is 0 Å². The first-order chi connectivity index (χ1) is 11.2. The summed E-state index contributed by atoms with van der Waals surface area (Å²) in [6.07, 6.45) is 12.7. The third-order valence-corrected chi connectivity index (χ3v) is 4.88. The Kier molecular flexibility index (Phi) is 5.39. The molecular formula is C18H26N4O. The maximum atomic E-state index is 5.57. The van der Waals surface area contributed by atoms with Crippen LogP contribution in [-0.2, 0) is 13.0 Å². The Bertz CT molecular complexity index is 592. The van der Waals surface area contributed by atoms with Crippen molar-refractivity contribution in [1.82, 2.24) is 20.0 Å². The summed E-state index contributed by atoms with van der Waals surface area (Å²) in [5.41, 5.74) is 2.17. The first kappa shape index (κ1) is 16.1. The molecule has 0 amide bonds. The zero-order valence-electron chi connectivity index (χ0n) is 14.1. The Labute approximate surface area is 138 Å². The lowest BCUT2D eigenvalue weighted by atomic mass is 9.87. The minimum atomic E-state index is 0.370. The van der Waals surface area contributed by atoms with E-state index >= 15 is 0 Å². The quantitative estimate of drug-likeness (QED) is 0.816. The van der Waals surface area contributed by atoms with Crippen LogP contribution in [-0.4, -0.2) is 33.1 Å². The highest BCUT2D eigenvalue weighted by Crippen LogP contribution is 2.32. The zero-order valence-corrected chi connectivity index (χ0v) is 14.1. The van der Waals surface area contributed by atoms with Crippen molar-refractivity contribution in [2.24, 2.45) is 0 Å². The summed E-state index contributed by atoms with van der Waals surface area (Å²) in [6, 6.07) is 2.52. The van der Waals surface area contributed by atoms with Crippen LogP contribution in [0.25, 0.3) is 0 Å². The van der Waals surface area contributed by atoms with Crippen LogP contribution in [0.3, 0.4) is 0 Å². The molecule has 0 radical (unpaired) electrons. The molecule has 1 saturated carbocycles. The van der Waals surface area contributed by atoms with Gasteiger partial charge in [0.15, 0.2) is 5.76 Å². The average molecular weight is 314 g/mol. The third kappa shape index (κ3) is 4.38. The van der Waals surface area contributed by atoms with Crippen LogP contribution in [0.2, 0.25) is 0 Å². The standard InChI is InChI=1S/C18H26N4O/c1-14(10-16-12-19-8-9-20-16)22(2)13-17-11-18(21-23-17)15-6-4-3-5-7-15/h8-9,11-12,14-15H,3-7,10,13H2,1-2H3/t14-/m0/s1. The molecule has 5 nitrogen and oxygen atoms in total. The van der Waals surface area contributed by atoms with Gasteiger partial charge in [-0.2, -0.15) is 0 Å². The van der Waals surface area contributed by atoms with E-state index in [0.717, 1.165) is 30.1 Å². The Balaban J connectivity index is 1.55. The van der Waals surface area contributed by atoms with Crippen molar-refractivity contribution in [2.75, 3.05) is 7.05 Å². The van der Waals surface area contributed by atoms with Gasteiger partial charge in [0.1, 0.15) is 0 Å². The number of likely N-dealkylation sites (N-methyl/N-ethyl adjacent to an activating group) is 1. The number of hydrogen-bond donors (Lipinski definition) is 0. The van der Waals surface area contributed by atoms with E-state index in [1.54, 1.807) is 12.4 Å². The first-order valence-corrected chi connectivity index (χ1v) is 8.63. The van der Waals surface area contributed by atoms with Gasteiger partial charge in [-0.15, -0.1) is 0 Å². The summed E-state index contributed by atoms with van der Waals surface area (Å²) >= 11 is 0. The van der Waals surface area contributed by atoms with Gasteiger partial charge < -0.3 is 4.52 Å². The van der Waals surface area contributed by atoms with E-state index in [-0.39, 0.29) is 0 Å². The molecule has 124 valence electrons. The number of aromatic nitrogens is 3. The number of hydrogen-bond acceptors (Lipinski definition) is 5. The van der Waals surface area contributed by atoms with Crippen LogP contribution in [0, 0.1) is 0 Å². The Morgan fingerprint density at radius 1 is 1.26 bits per heavy atom. The van der Waals surface area contributed by atoms with Crippen LogP contribution in [0.15, 0.2) is 29.2 Å². The Hall–Kier alpha value is -1.75. The topological polar surface area (TPSA) is 55.1 Å². The fourth-order valence-electron chi connectivity index (χ4n) is 3.29. The van der Waals surface area contributed by atoms with Gasteiger partial charge in [-0.05, 0) is 26.8 Å². The maximum Gasteiger partial charge on any atom is 0.150 e. The van der Waals surface area contributed by atoms with Crippen molar-refractivity contribution in [2.45, 2.75) is 64.0 Å². The Morgan fingerprint density at radius 3 is 2.83 bits per heavy atom. The second-order valence-corrected chi connectivity index (χ2v) is 6.72. The molecule has 0 unspecified atom stereocenters. The molecule has 23 heavy (non-hydrogen) atoms. The normalized spacial score (nSPS) is 17.5. The minimum Gasteiger partial charge on any atom is -0.360 e. The van der Waals surface area contributed by atoms with Crippen molar-refractivity contribution in [3.63, 3.8) is 0 Å². The van der Waals surface area contributed by atoms with Gasteiger partial charge in [0.25, 0.3) is 0 Å². The smallest absolute Gasteiger partial charge is 0.150 e. The summed E-state index contributed by atoms with van der Waals surface area (Å²) in [5, 5.41) is 4.31. The van der Waals surface area contributed by atoms with Crippen LogP contribution in [0.4, 0.5) is 0 Å². The molecule has 0 spiro atoms. The highest BCUT2D eigenvalue weighted by atomic mass is 16.5. The van der Waals surface area contributed by atoms with E-state index in [4.69, 9.17) is 4.52 Å². The molecule has 1 atom stereocenters. The molecule has 1 fully saturated rings. The third-order valence-electron chi connectivity index (χ3n) is 4.88. The number of rotatable bonds is 6. The maximum absolute atomic E-state index is 5.57. The molecule has 2 aromatic rings. The molecule has 5 heteroatoms. The molecule has 0 aliphatic heterocycles. The molecule has 2 heterocycles. The van der Waals surface area contributed by atoms with Crippen molar-refractivity contribution >= 4 is 0 Å². The van der Waals surface area contributed by atoms with Crippen LogP contribution >= 0.6 is 0 Å². The molecule has 0 saturated heterocycles. The molecule has 0 bridgehead atoms. The van der Waals surface area contributed by atoms with Gasteiger partial charge >= 0.3 is 0 Å². The predicted octanol–water partition coefficient (Wildman–Crippen LogP) is 3.58. The largest absolute Gasteiger partial charge is 0.360 e. The van der Waals surface area contributed by atoms with Crippen molar-refractivity contribution < 1.29 is 4.52 Å². The fraction of sp³-hybridized carbons (Fsp3) is 0.611. The highest BCUT2D eigenvalue weighted by molar-refractivity contribution is 5.11. The van der Waals surface area contributed by atoms with E-state index in [2.05, 4.69) is 40.1 Å². The van der Waals surface area contributed by atoms with Crippen LogP contribution in [0.1, 0.15) is 62.1 Å². The summed E-state index contributed by atoms with van der Waals surface area (Å²) in [7, 11) is 2.11. The molecule has 1 aliphatic rings. The SMILES string of the molecule is C[C@@H](Cc1cnccn1)N(C)Cc1cc(C2CCCCC2)no1. The highest BCUT2D eigenvalue weighted by Gasteiger charge is 2.20. The lowest BCUT2D eigenvalue weighted by Gasteiger charge is -2.23. The second kappa shape index (κ2) is 7.68. The van der Waals surface area contributed by atoms with Gasteiger partial charge in [-0.3, -0.25) is 14.9 Å². The molecular weight excluding hydrogens is 288 g/mol. The summed E-state index contributed by atoms with van der Waals surface area (Å²) in [5.74, 6) is 1.56. The molecule has 3 rings (SSSR count). The lowest BCUT2D eigenvalue weighted by molar-refractivity contribution is 0.216. The first-order valence-electron chi connectivity index (χ1n) is 8.63. The second-order valence-electron chi connectivity index (χ2n) is 6.72. The van der Waals surface area contributed by atoms with Crippen LogP contribution < -0.4 is 0 Å². The molecule has 0 aromatic carbocycles. The predicted molar refractivity (Wildman–Crippen MR) is 89.0 cm³/mol. The molecule has 0 N–H and O–H groups in total. The minimum absolute atomic E-state index is 0.370. The zero-order chi connectivity index (χ0) is 16.1. The van der Waals surface area contributed by atoms with Crippen molar-refractivity contribution in [1.29, 1.82) is 0 Å². The van der Waals surface area contributed by atoms with E-state index in [1.165, 1.54) is 32.1 Å². The average Bonchev–Trinajstić information content (AvgIpc) is 3.05. The summed E-state index contributed by atoms with van der Waals surface area (Å²) in [4.78, 5) is 10.8. The van der Waals surface area contributed by atoms with Crippen molar-refractivity contribution in [3.8, 4) is 0 Å². The van der Waals surface area contributed by atoms with Crippen LogP contribution in [0.5, 0.6) is 0 Å². The van der Waals surface area contributed by atoms with E-state index < -0.39 is 0 Å².